The maximum Gasteiger partial charge on any atom is 0.317 e. The fourth-order valence-electron chi connectivity index (χ4n) is 6.13. The van der Waals surface area contributed by atoms with Gasteiger partial charge in [0, 0.05) is 44.3 Å². The second kappa shape index (κ2) is 10.5. The first-order valence-electron chi connectivity index (χ1n) is 13.2. The quantitative estimate of drug-likeness (QED) is 0.563. The number of thiophene rings is 1. The van der Waals surface area contributed by atoms with Crippen LogP contribution in [0.2, 0.25) is 0 Å². The van der Waals surface area contributed by atoms with Gasteiger partial charge in [-0.05, 0) is 64.3 Å². The van der Waals surface area contributed by atoms with Crippen LogP contribution in [-0.4, -0.2) is 81.7 Å². The lowest BCUT2D eigenvalue weighted by Gasteiger charge is -2.45. The number of nitrogens with one attached hydrogen (secondary N) is 1. The SMILES string of the molecule is CC(C)N1C(=O)CC2(CCCN(C3CCN(C(=O)c4cc(-c5ccccn5)sc4NC(N)=O)CC3)C2)C1=O. The molecule has 1 atom stereocenters. The summed E-state index contributed by atoms with van der Waals surface area (Å²) >= 11 is 1.28. The highest BCUT2D eigenvalue weighted by Crippen LogP contribution is 2.43. The van der Waals surface area contributed by atoms with Crippen molar-refractivity contribution < 1.29 is 19.2 Å². The Morgan fingerprint density at radius 1 is 1.18 bits per heavy atom. The standard InChI is InChI=1S/C27H34N6O4S/c1-17(2)33-22(34)15-27(25(33)36)9-5-11-32(16-27)18-7-12-31(13-8-18)24(35)19-14-21(20-6-3-4-10-29-20)38-23(19)30-26(28)37/h3-4,6,10,14,17-18H,5,7-9,11-13,15-16H2,1-2H3,(H3,28,30,37). The van der Waals surface area contributed by atoms with Gasteiger partial charge in [-0.3, -0.25) is 34.5 Å². The summed E-state index contributed by atoms with van der Waals surface area (Å²) in [5.41, 5.74) is 5.90. The molecule has 2 aromatic rings. The first kappa shape index (κ1) is 26.3. The number of urea groups is 1. The Morgan fingerprint density at radius 2 is 1.95 bits per heavy atom. The lowest BCUT2D eigenvalue weighted by Crippen LogP contribution is -2.54. The molecule has 0 aliphatic carbocycles. The number of imide groups is 1. The molecule has 1 spiro atoms. The van der Waals surface area contributed by atoms with Gasteiger partial charge < -0.3 is 10.6 Å². The lowest BCUT2D eigenvalue weighted by atomic mass is 9.77. The molecule has 38 heavy (non-hydrogen) atoms. The molecule has 3 saturated heterocycles. The van der Waals surface area contributed by atoms with Gasteiger partial charge in [0.25, 0.3) is 5.91 Å². The summed E-state index contributed by atoms with van der Waals surface area (Å²) in [5, 5.41) is 3.02. The molecule has 3 N–H and O–H groups in total. The van der Waals surface area contributed by atoms with Gasteiger partial charge in [-0.15, -0.1) is 11.3 Å². The third kappa shape index (κ3) is 4.92. The average molecular weight is 539 g/mol. The number of anilines is 1. The molecule has 202 valence electrons. The zero-order valence-electron chi connectivity index (χ0n) is 21.8. The second-order valence-corrected chi connectivity index (χ2v) is 11.8. The molecule has 11 heteroatoms. The van der Waals surface area contributed by atoms with Gasteiger partial charge in [-0.25, -0.2) is 4.79 Å². The molecule has 5 heterocycles. The Labute approximate surface area is 226 Å². The van der Waals surface area contributed by atoms with Gasteiger partial charge in [-0.1, -0.05) is 6.07 Å². The number of hydrogen-bond acceptors (Lipinski definition) is 7. The Bertz CT molecular complexity index is 1240. The van der Waals surface area contributed by atoms with Gasteiger partial charge in [-0.2, -0.15) is 0 Å². The summed E-state index contributed by atoms with van der Waals surface area (Å²) in [5.74, 6) is -0.233. The van der Waals surface area contributed by atoms with Crippen LogP contribution < -0.4 is 11.1 Å². The van der Waals surface area contributed by atoms with E-state index in [1.165, 1.54) is 16.2 Å². The van der Waals surface area contributed by atoms with E-state index >= 15 is 0 Å². The van der Waals surface area contributed by atoms with Gasteiger partial charge >= 0.3 is 6.03 Å². The fourth-order valence-corrected chi connectivity index (χ4v) is 7.16. The molecule has 3 fully saturated rings. The molecule has 3 aliphatic rings. The number of pyridine rings is 1. The number of carbonyl (C=O) groups is 4. The van der Waals surface area contributed by atoms with Crippen molar-refractivity contribution in [1.29, 1.82) is 0 Å². The Kier molecular flexibility index (Phi) is 7.23. The molecule has 0 aromatic carbocycles. The van der Waals surface area contributed by atoms with Crippen LogP contribution in [0.15, 0.2) is 30.5 Å². The van der Waals surface area contributed by atoms with Crippen molar-refractivity contribution in [2.75, 3.05) is 31.5 Å². The number of hydrogen-bond donors (Lipinski definition) is 2. The monoisotopic (exact) mass is 538 g/mol. The first-order chi connectivity index (χ1) is 18.2. The van der Waals surface area contributed by atoms with Gasteiger partial charge in [0.2, 0.25) is 11.8 Å². The van der Waals surface area contributed by atoms with Crippen molar-refractivity contribution in [3.05, 3.63) is 36.0 Å². The van der Waals surface area contributed by atoms with Gasteiger partial charge in [0.1, 0.15) is 5.00 Å². The van der Waals surface area contributed by atoms with Crippen LogP contribution in [0.3, 0.4) is 0 Å². The maximum absolute atomic E-state index is 13.5. The maximum atomic E-state index is 13.5. The largest absolute Gasteiger partial charge is 0.351 e. The molecule has 5 rings (SSSR count). The Balaban J connectivity index is 1.26. The topological polar surface area (TPSA) is 129 Å². The van der Waals surface area contributed by atoms with E-state index in [0.29, 0.717) is 36.6 Å². The number of nitrogens with two attached hydrogens (primary N) is 1. The molecule has 10 nitrogen and oxygen atoms in total. The van der Waals surface area contributed by atoms with Crippen molar-refractivity contribution in [2.24, 2.45) is 11.1 Å². The van der Waals surface area contributed by atoms with E-state index < -0.39 is 11.4 Å². The van der Waals surface area contributed by atoms with Crippen molar-refractivity contribution >= 4 is 40.1 Å². The normalized spacial score (nSPS) is 23.0. The Morgan fingerprint density at radius 3 is 2.58 bits per heavy atom. The highest BCUT2D eigenvalue weighted by Gasteiger charge is 2.54. The summed E-state index contributed by atoms with van der Waals surface area (Å²) in [4.78, 5) is 61.8. The van der Waals surface area contributed by atoms with Crippen LogP contribution >= 0.6 is 11.3 Å². The summed E-state index contributed by atoms with van der Waals surface area (Å²) in [6.45, 7) is 6.42. The van der Waals surface area contributed by atoms with Crippen LogP contribution in [-0.2, 0) is 9.59 Å². The highest BCUT2D eigenvalue weighted by atomic mass is 32.1. The number of piperidine rings is 2. The number of rotatable bonds is 5. The third-order valence-electron chi connectivity index (χ3n) is 7.94. The molecule has 2 aromatic heterocycles. The van der Waals surface area contributed by atoms with E-state index in [-0.39, 0.29) is 29.8 Å². The van der Waals surface area contributed by atoms with Crippen molar-refractivity contribution in [3.8, 4) is 10.6 Å². The van der Waals surface area contributed by atoms with E-state index in [9.17, 15) is 19.2 Å². The smallest absolute Gasteiger partial charge is 0.317 e. The number of aromatic nitrogens is 1. The van der Waals surface area contributed by atoms with Crippen LogP contribution in [0.1, 0.15) is 56.3 Å². The molecule has 0 saturated carbocycles. The van der Waals surface area contributed by atoms with Crippen LogP contribution in [0.25, 0.3) is 10.6 Å². The van der Waals surface area contributed by atoms with Crippen molar-refractivity contribution in [3.63, 3.8) is 0 Å². The number of amides is 5. The summed E-state index contributed by atoms with van der Waals surface area (Å²) in [6, 6.07) is 6.72. The van der Waals surface area contributed by atoms with Gasteiger partial charge in [0.05, 0.1) is 21.5 Å². The van der Waals surface area contributed by atoms with E-state index in [4.69, 9.17) is 5.73 Å². The predicted octanol–water partition coefficient (Wildman–Crippen LogP) is 3.15. The minimum Gasteiger partial charge on any atom is -0.351 e. The predicted molar refractivity (Wildman–Crippen MR) is 145 cm³/mol. The minimum absolute atomic E-state index is 0.0227. The number of nitrogens with zero attached hydrogens (tertiary/aromatic N) is 4. The number of primary amides is 1. The molecule has 3 aliphatic heterocycles. The third-order valence-corrected chi connectivity index (χ3v) is 9.01. The van der Waals surface area contributed by atoms with Gasteiger partial charge in [0.15, 0.2) is 0 Å². The summed E-state index contributed by atoms with van der Waals surface area (Å²) in [6.07, 6.45) is 5.19. The summed E-state index contributed by atoms with van der Waals surface area (Å²) in [7, 11) is 0. The van der Waals surface area contributed by atoms with Crippen LogP contribution in [0.4, 0.5) is 9.80 Å². The van der Waals surface area contributed by atoms with Crippen molar-refractivity contribution in [2.45, 2.75) is 58.0 Å². The molecule has 0 bridgehead atoms. The van der Waals surface area contributed by atoms with E-state index in [1.54, 1.807) is 12.3 Å². The van der Waals surface area contributed by atoms with Crippen LogP contribution in [0.5, 0.6) is 0 Å². The first-order valence-corrected chi connectivity index (χ1v) is 14.0. The average Bonchev–Trinajstić information content (AvgIpc) is 3.41. The molecule has 0 radical (unpaired) electrons. The highest BCUT2D eigenvalue weighted by molar-refractivity contribution is 7.20. The zero-order valence-corrected chi connectivity index (χ0v) is 22.6. The molecular formula is C27H34N6O4S. The van der Waals surface area contributed by atoms with E-state index in [2.05, 4.69) is 15.2 Å². The molecule has 1 unspecified atom stereocenters. The zero-order chi connectivity index (χ0) is 27.0. The molecular weight excluding hydrogens is 504 g/mol. The van der Waals surface area contributed by atoms with E-state index in [1.807, 2.05) is 36.9 Å². The van der Waals surface area contributed by atoms with E-state index in [0.717, 1.165) is 42.8 Å². The lowest BCUT2D eigenvalue weighted by molar-refractivity contribution is -0.145. The Hall–Kier alpha value is -3.31. The number of likely N-dealkylation sites (tertiary alicyclic amines) is 3. The summed E-state index contributed by atoms with van der Waals surface area (Å²) < 4.78 is 0. The molecule has 5 amide bonds. The fraction of sp³-hybridized carbons (Fsp3) is 0.519. The van der Waals surface area contributed by atoms with Crippen LogP contribution in [0, 0.1) is 5.41 Å². The second-order valence-electron chi connectivity index (χ2n) is 10.8. The minimum atomic E-state index is -0.720. The van der Waals surface area contributed by atoms with Crippen molar-refractivity contribution in [1.82, 2.24) is 19.7 Å². The number of carbonyl (C=O) groups excluding carboxylic acids is 4.